The highest BCUT2D eigenvalue weighted by Gasteiger charge is 2.31. The van der Waals surface area contributed by atoms with Crippen molar-refractivity contribution in [3.05, 3.63) is 24.2 Å². The van der Waals surface area contributed by atoms with E-state index in [1.54, 1.807) is 12.1 Å². The van der Waals surface area contributed by atoms with Gasteiger partial charge in [0.15, 0.2) is 0 Å². The van der Waals surface area contributed by atoms with Crippen molar-refractivity contribution < 1.29 is 13.9 Å². The fraction of sp³-hybridized carbons (Fsp3) is 0.667. The maximum atomic E-state index is 11.9. The molecular formula is C15H22O3. The molecule has 0 aromatic carbocycles. The van der Waals surface area contributed by atoms with Crippen LogP contribution in [-0.4, -0.2) is 12.1 Å². The minimum atomic E-state index is -0.319. The van der Waals surface area contributed by atoms with E-state index < -0.39 is 0 Å². The topological polar surface area (TPSA) is 39.4 Å². The maximum Gasteiger partial charge on any atom is 0.374 e. The lowest BCUT2D eigenvalue weighted by Gasteiger charge is -2.34. The minimum Gasteiger partial charge on any atom is -0.457 e. The molecule has 0 radical (unpaired) electrons. The Balaban J connectivity index is 1.97. The zero-order chi connectivity index (χ0) is 13.0. The number of carbonyl (C=O) groups is 1. The molecule has 0 N–H and O–H groups in total. The van der Waals surface area contributed by atoms with E-state index in [2.05, 4.69) is 13.8 Å². The second kappa shape index (κ2) is 6.07. The summed E-state index contributed by atoms with van der Waals surface area (Å²) in [5.41, 5.74) is 0. The van der Waals surface area contributed by atoms with Crippen LogP contribution in [0.2, 0.25) is 0 Å². The van der Waals surface area contributed by atoms with Gasteiger partial charge in [-0.25, -0.2) is 4.79 Å². The molecule has 2 rings (SSSR count). The molecular weight excluding hydrogens is 228 g/mol. The van der Waals surface area contributed by atoms with E-state index in [1.165, 1.54) is 19.1 Å². The highest BCUT2D eigenvalue weighted by atomic mass is 16.6. The zero-order valence-corrected chi connectivity index (χ0v) is 11.2. The van der Waals surface area contributed by atoms with E-state index >= 15 is 0 Å². The molecule has 0 saturated heterocycles. The third-order valence-electron chi connectivity index (χ3n) is 3.83. The van der Waals surface area contributed by atoms with E-state index in [0.717, 1.165) is 19.3 Å². The van der Waals surface area contributed by atoms with Gasteiger partial charge in [-0.2, -0.15) is 0 Å². The van der Waals surface area contributed by atoms with Crippen LogP contribution in [0.25, 0.3) is 0 Å². The SMILES string of the molecule is CCC[C@@H]1CC[C@@H](C)C[C@@H]1OC(=O)c1ccco1. The maximum absolute atomic E-state index is 11.9. The normalized spacial score (nSPS) is 28.0. The molecule has 0 unspecified atom stereocenters. The Morgan fingerprint density at radius 1 is 1.50 bits per heavy atom. The van der Waals surface area contributed by atoms with Gasteiger partial charge in [0.2, 0.25) is 5.76 Å². The van der Waals surface area contributed by atoms with Crippen LogP contribution < -0.4 is 0 Å². The van der Waals surface area contributed by atoms with E-state index in [0.29, 0.717) is 17.6 Å². The lowest BCUT2D eigenvalue weighted by molar-refractivity contribution is -0.0115. The van der Waals surface area contributed by atoms with Gasteiger partial charge >= 0.3 is 5.97 Å². The van der Waals surface area contributed by atoms with Crippen LogP contribution in [0.3, 0.4) is 0 Å². The van der Waals surface area contributed by atoms with E-state index in [-0.39, 0.29) is 12.1 Å². The highest BCUT2D eigenvalue weighted by Crippen LogP contribution is 2.34. The summed E-state index contributed by atoms with van der Waals surface area (Å²) in [6.45, 7) is 4.42. The van der Waals surface area contributed by atoms with Gasteiger partial charge in [-0.15, -0.1) is 0 Å². The van der Waals surface area contributed by atoms with Crippen LogP contribution in [0, 0.1) is 11.8 Å². The first kappa shape index (κ1) is 13.2. The molecule has 0 spiro atoms. The summed E-state index contributed by atoms with van der Waals surface area (Å²) in [6, 6.07) is 3.37. The van der Waals surface area contributed by atoms with Gasteiger partial charge in [0.1, 0.15) is 6.10 Å². The minimum absolute atomic E-state index is 0.0614. The van der Waals surface area contributed by atoms with Crippen LogP contribution in [-0.2, 0) is 4.74 Å². The van der Waals surface area contributed by atoms with Crippen molar-refractivity contribution in [1.82, 2.24) is 0 Å². The summed E-state index contributed by atoms with van der Waals surface area (Å²) < 4.78 is 10.7. The lowest BCUT2D eigenvalue weighted by atomic mass is 9.78. The van der Waals surface area contributed by atoms with Gasteiger partial charge in [0.25, 0.3) is 0 Å². The number of furan rings is 1. The smallest absolute Gasteiger partial charge is 0.374 e. The number of carbonyl (C=O) groups excluding carboxylic acids is 1. The summed E-state index contributed by atoms with van der Waals surface area (Å²) >= 11 is 0. The molecule has 100 valence electrons. The summed E-state index contributed by atoms with van der Waals surface area (Å²) in [7, 11) is 0. The first-order valence-corrected chi connectivity index (χ1v) is 6.95. The predicted molar refractivity (Wildman–Crippen MR) is 69.3 cm³/mol. The third kappa shape index (κ3) is 3.15. The van der Waals surface area contributed by atoms with E-state index in [4.69, 9.17) is 9.15 Å². The Morgan fingerprint density at radius 2 is 2.33 bits per heavy atom. The Labute approximate surface area is 109 Å². The molecule has 3 nitrogen and oxygen atoms in total. The predicted octanol–water partition coefficient (Wildman–Crippen LogP) is 4.04. The Hall–Kier alpha value is -1.25. The van der Waals surface area contributed by atoms with E-state index in [1.807, 2.05) is 0 Å². The van der Waals surface area contributed by atoms with Crippen molar-refractivity contribution in [2.24, 2.45) is 11.8 Å². The number of rotatable bonds is 4. The molecule has 1 saturated carbocycles. The Morgan fingerprint density at radius 3 is 3.00 bits per heavy atom. The molecule has 1 aliphatic rings. The number of hydrogen-bond acceptors (Lipinski definition) is 3. The monoisotopic (exact) mass is 250 g/mol. The van der Waals surface area contributed by atoms with Gasteiger partial charge in [0, 0.05) is 0 Å². The molecule has 18 heavy (non-hydrogen) atoms. The molecule has 1 aromatic rings. The number of ether oxygens (including phenoxy) is 1. The second-order valence-corrected chi connectivity index (χ2v) is 5.39. The van der Waals surface area contributed by atoms with Crippen molar-refractivity contribution in [2.45, 2.75) is 52.1 Å². The quantitative estimate of drug-likeness (QED) is 0.757. The highest BCUT2D eigenvalue weighted by molar-refractivity contribution is 5.86. The van der Waals surface area contributed by atoms with Gasteiger partial charge in [0.05, 0.1) is 6.26 Å². The number of esters is 1. The molecule has 3 atom stereocenters. The lowest BCUT2D eigenvalue weighted by Crippen LogP contribution is -2.33. The van der Waals surface area contributed by atoms with Crippen LogP contribution in [0.1, 0.15) is 56.5 Å². The molecule has 0 aliphatic heterocycles. The first-order valence-electron chi connectivity index (χ1n) is 6.95. The Kier molecular flexibility index (Phi) is 4.45. The van der Waals surface area contributed by atoms with Crippen LogP contribution >= 0.6 is 0 Å². The van der Waals surface area contributed by atoms with Crippen LogP contribution in [0.4, 0.5) is 0 Å². The zero-order valence-electron chi connectivity index (χ0n) is 11.2. The van der Waals surface area contributed by atoms with Gasteiger partial charge in [-0.3, -0.25) is 0 Å². The molecule has 1 fully saturated rings. The summed E-state index contributed by atoms with van der Waals surface area (Å²) in [6.07, 6.45) is 7.26. The summed E-state index contributed by atoms with van der Waals surface area (Å²) in [5, 5.41) is 0. The van der Waals surface area contributed by atoms with Gasteiger partial charge in [-0.1, -0.05) is 26.7 Å². The molecule has 0 bridgehead atoms. The Bertz CT molecular complexity index is 369. The fourth-order valence-corrected chi connectivity index (χ4v) is 2.83. The van der Waals surface area contributed by atoms with Crippen molar-refractivity contribution in [1.29, 1.82) is 0 Å². The van der Waals surface area contributed by atoms with Crippen LogP contribution in [0.5, 0.6) is 0 Å². The summed E-state index contributed by atoms with van der Waals surface area (Å²) in [4.78, 5) is 11.9. The molecule has 3 heteroatoms. The average molecular weight is 250 g/mol. The van der Waals surface area contributed by atoms with Crippen molar-refractivity contribution in [3.8, 4) is 0 Å². The fourth-order valence-electron chi connectivity index (χ4n) is 2.83. The summed E-state index contributed by atoms with van der Waals surface area (Å²) in [5.74, 6) is 1.15. The average Bonchev–Trinajstić information content (AvgIpc) is 2.86. The third-order valence-corrected chi connectivity index (χ3v) is 3.83. The van der Waals surface area contributed by atoms with Crippen molar-refractivity contribution >= 4 is 5.97 Å². The largest absolute Gasteiger partial charge is 0.457 e. The first-order chi connectivity index (χ1) is 8.70. The number of hydrogen-bond donors (Lipinski definition) is 0. The molecule has 1 heterocycles. The van der Waals surface area contributed by atoms with Gasteiger partial charge in [-0.05, 0) is 43.2 Å². The van der Waals surface area contributed by atoms with Crippen molar-refractivity contribution in [2.75, 3.05) is 0 Å². The molecule has 1 aromatic heterocycles. The van der Waals surface area contributed by atoms with Crippen LogP contribution in [0.15, 0.2) is 22.8 Å². The second-order valence-electron chi connectivity index (χ2n) is 5.39. The van der Waals surface area contributed by atoms with E-state index in [9.17, 15) is 4.79 Å². The molecule has 0 amide bonds. The van der Waals surface area contributed by atoms with Gasteiger partial charge < -0.3 is 9.15 Å². The standard InChI is InChI=1S/C15H22O3/c1-3-5-12-8-7-11(2)10-14(12)18-15(16)13-6-4-9-17-13/h4,6,9,11-12,14H,3,5,7-8,10H2,1-2H3/t11-,12-,14+/m1/s1. The van der Waals surface area contributed by atoms with Crippen molar-refractivity contribution in [3.63, 3.8) is 0 Å². The molecule has 1 aliphatic carbocycles.